The Bertz CT molecular complexity index is 532. The van der Waals surface area contributed by atoms with Gasteiger partial charge in [-0.2, -0.15) is 0 Å². The Balaban J connectivity index is 1.82. The lowest BCUT2D eigenvalue weighted by atomic mass is 10.1. The van der Waals surface area contributed by atoms with E-state index in [4.69, 9.17) is 9.84 Å². The van der Waals surface area contributed by atoms with Gasteiger partial charge in [0.05, 0.1) is 5.75 Å². The quantitative estimate of drug-likeness (QED) is 0.846. The van der Waals surface area contributed by atoms with Crippen molar-refractivity contribution in [3.05, 3.63) is 30.1 Å². The van der Waals surface area contributed by atoms with E-state index in [1.165, 1.54) is 28.6 Å². The smallest absolute Gasteiger partial charge is 0.217 e. The second-order valence-electron chi connectivity index (χ2n) is 4.81. The van der Waals surface area contributed by atoms with Crippen LogP contribution in [0.5, 0.6) is 5.75 Å². The van der Waals surface area contributed by atoms with E-state index in [9.17, 15) is 12.8 Å². The first-order valence-electron chi connectivity index (χ1n) is 6.48. The highest BCUT2D eigenvalue weighted by Gasteiger charge is 2.30. The van der Waals surface area contributed by atoms with Crippen LogP contribution in [-0.4, -0.2) is 49.9 Å². The zero-order valence-electron chi connectivity index (χ0n) is 11.0. The van der Waals surface area contributed by atoms with Crippen LogP contribution in [0.1, 0.15) is 6.42 Å². The minimum Gasteiger partial charge on any atom is -0.492 e. The molecule has 5 nitrogen and oxygen atoms in total. The van der Waals surface area contributed by atoms with Crippen LogP contribution in [0.3, 0.4) is 0 Å². The molecule has 1 atom stereocenters. The normalized spacial score (nSPS) is 20.2. The Morgan fingerprint density at radius 3 is 2.65 bits per heavy atom. The number of rotatable bonds is 6. The number of benzene rings is 1. The van der Waals surface area contributed by atoms with E-state index in [2.05, 4.69) is 0 Å². The molecule has 112 valence electrons. The number of sulfonamides is 1. The summed E-state index contributed by atoms with van der Waals surface area (Å²) in [6.07, 6.45) is 0.689. The highest BCUT2D eigenvalue weighted by Crippen LogP contribution is 2.19. The molecular weight excluding hydrogens is 285 g/mol. The number of halogens is 1. The standard InChI is InChI=1S/C13H18FNO4S/c14-12-1-3-13(4-2-12)19-7-8-20(17,18)15-6-5-11(9-15)10-16/h1-4,11,16H,5-10H2. The van der Waals surface area contributed by atoms with Gasteiger partial charge in [0.25, 0.3) is 0 Å². The fourth-order valence-electron chi connectivity index (χ4n) is 2.12. The van der Waals surface area contributed by atoms with Gasteiger partial charge in [-0.05, 0) is 36.6 Å². The van der Waals surface area contributed by atoms with Crippen molar-refractivity contribution >= 4 is 10.0 Å². The summed E-state index contributed by atoms with van der Waals surface area (Å²) in [4.78, 5) is 0. The van der Waals surface area contributed by atoms with Gasteiger partial charge in [0.15, 0.2) is 0 Å². The molecule has 2 rings (SSSR count). The highest BCUT2D eigenvalue weighted by molar-refractivity contribution is 7.89. The van der Waals surface area contributed by atoms with Crippen LogP contribution in [0.15, 0.2) is 24.3 Å². The Kier molecular flexibility index (Phi) is 4.95. The van der Waals surface area contributed by atoms with Gasteiger partial charge in [-0.1, -0.05) is 0 Å². The molecule has 0 spiro atoms. The number of aliphatic hydroxyl groups excluding tert-OH is 1. The first kappa shape index (κ1) is 15.2. The van der Waals surface area contributed by atoms with Gasteiger partial charge >= 0.3 is 0 Å². The summed E-state index contributed by atoms with van der Waals surface area (Å²) < 4.78 is 43.5. The Morgan fingerprint density at radius 2 is 2.05 bits per heavy atom. The van der Waals surface area contributed by atoms with Gasteiger partial charge in [-0.3, -0.25) is 0 Å². The average Bonchev–Trinajstić information content (AvgIpc) is 2.90. The maximum atomic E-state index is 12.7. The topological polar surface area (TPSA) is 66.8 Å². The molecule has 7 heteroatoms. The molecule has 0 aromatic heterocycles. The van der Waals surface area contributed by atoms with Gasteiger partial charge in [0.1, 0.15) is 18.2 Å². The van der Waals surface area contributed by atoms with Gasteiger partial charge in [-0.15, -0.1) is 0 Å². The summed E-state index contributed by atoms with van der Waals surface area (Å²) in [6, 6.07) is 5.44. The molecule has 1 unspecified atom stereocenters. The molecule has 1 aliphatic heterocycles. The van der Waals surface area contributed by atoms with Crippen LogP contribution in [0.25, 0.3) is 0 Å². The van der Waals surface area contributed by atoms with Gasteiger partial charge in [-0.25, -0.2) is 17.1 Å². The van der Waals surface area contributed by atoms with Crippen LogP contribution in [-0.2, 0) is 10.0 Å². The van der Waals surface area contributed by atoms with Gasteiger partial charge < -0.3 is 9.84 Å². The van der Waals surface area contributed by atoms with Crippen molar-refractivity contribution in [2.24, 2.45) is 5.92 Å². The molecule has 1 aromatic rings. The molecule has 1 aliphatic rings. The SMILES string of the molecule is O=S(=O)(CCOc1ccc(F)cc1)N1CCC(CO)C1. The lowest BCUT2D eigenvalue weighted by molar-refractivity contribution is 0.233. The Hall–Kier alpha value is -1.18. The molecule has 0 bridgehead atoms. The lowest BCUT2D eigenvalue weighted by Gasteiger charge is -2.16. The van der Waals surface area contributed by atoms with Crippen LogP contribution in [0, 0.1) is 11.7 Å². The molecule has 1 heterocycles. The molecule has 20 heavy (non-hydrogen) atoms. The van der Waals surface area contributed by atoms with E-state index in [0.29, 0.717) is 25.3 Å². The maximum absolute atomic E-state index is 12.7. The molecule has 0 amide bonds. The van der Waals surface area contributed by atoms with Crippen LogP contribution >= 0.6 is 0 Å². The van der Waals surface area contributed by atoms with E-state index >= 15 is 0 Å². The van der Waals surface area contributed by atoms with Crippen molar-refractivity contribution in [2.45, 2.75) is 6.42 Å². The molecule has 1 aromatic carbocycles. The van der Waals surface area contributed by atoms with Gasteiger partial charge in [0.2, 0.25) is 10.0 Å². The third-order valence-corrected chi connectivity index (χ3v) is 5.12. The minimum atomic E-state index is -3.36. The van der Waals surface area contributed by atoms with Crippen molar-refractivity contribution in [3.8, 4) is 5.75 Å². The number of ether oxygens (including phenoxy) is 1. The second-order valence-corrected chi connectivity index (χ2v) is 6.90. The molecule has 1 N–H and O–H groups in total. The molecular formula is C13H18FNO4S. The van der Waals surface area contributed by atoms with Crippen molar-refractivity contribution in [3.63, 3.8) is 0 Å². The summed E-state index contributed by atoms with van der Waals surface area (Å²) in [5.74, 6) is -0.0150. The molecule has 0 saturated carbocycles. The number of aliphatic hydroxyl groups is 1. The van der Waals surface area contributed by atoms with Crippen molar-refractivity contribution in [1.29, 1.82) is 0 Å². The zero-order chi connectivity index (χ0) is 14.6. The van der Waals surface area contributed by atoms with Crippen LogP contribution in [0.2, 0.25) is 0 Å². The maximum Gasteiger partial charge on any atom is 0.217 e. The fourth-order valence-corrected chi connectivity index (χ4v) is 3.50. The first-order valence-corrected chi connectivity index (χ1v) is 8.09. The highest BCUT2D eigenvalue weighted by atomic mass is 32.2. The number of hydrogen-bond donors (Lipinski definition) is 1. The molecule has 0 aliphatic carbocycles. The molecule has 1 saturated heterocycles. The Morgan fingerprint density at radius 1 is 1.35 bits per heavy atom. The van der Waals surface area contributed by atoms with Crippen molar-refractivity contribution in [2.75, 3.05) is 32.1 Å². The summed E-state index contributed by atoms with van der Waals surface area (Å²) in [7, 11) is -3.36. The predicted molar refractivity (Wildman–Crippen MR) is 72.4 cm³/mol. The van der Waals surface area contributed by atoms with E-state index in [0.717, 1.165) is 0 Å². The average molecular weight is 303 g/mol. The predicted octanol–water partition coefficient (Wildman–Crippen LogP) is 0.849. The number of nitrogens with zero attached hydrogens (tertiary/aromatic N) is 1. The summed E-state index contributed by atoms with van der Waals surface area (Å²) in [6.45, 7) is 0.853. The monoisotopic (exact) mass is 303 g/mol. The van der Waals surface area contributed by atoms with Crippen LogP contribution in [0.4, 0.5) is 4.39 Å². The summed E-state index contributed by atoms with van der Waals surface area (Å²) in [5, 5.41) is 9.02. The zero-order valence-corrected chi connectivity index (χ0v) is 11.9. The molecule has 1 fully saturated rings. The van der Waals surface area contributed by atoms with E-state index in [1.54, 1.807) is 0 Å². The fraction of sp³-hybridized carbons (Fsp3) is 0.538. The lowest BCUT2D eigenvalue weighted by Crippen LogP contribution is -2.33. The third-order valence-electron chi connectivity index (χ3n) is 3.32. The van der Waals surface area contributed by atoms with Crippen molar-refractivity contribution < 1.29 is 22.7 Å². The largest absolute Gasteiger partial charge is 0.492 e. The molecule has 0 radical (unpaired) electrons. The van der Waals surface area contributed by atoms with Crippen LogP contribution < -0.4 is 4.74 Å². The summed E-state index contributed by atoms with van der Waals surface area (Å²) in [5.41, 5.74) is 0. The van der Waals surface area contributed by atoms with E-state index < -0.39 is 10.0 Å². The van der Waals surface area contributed by atoms with E-state index in [-0.39, 0.29) is 30.7 Å². The minimum absolute atomic E-state index is 0.0120. The number of hydrogen-bond acceptors (Lipinski definition) is 4. The first-order chi connectivity index (χ1) is 9.51. The second kappa shape index (κ2) is 6.51. The van der Waals surface area contributed by atoms with Crippen molar-refractivity contribution in [1.82, 2.24) is 4.31 Å². The van der Waals surface area contributed by atoms with Gasteiger partial charge in [0, 0.05) is 19.7 Å². The van der Waals surface area contributed by atoms with E-state index in [1.807, 2.05) is 0 Å². The third kappa shape index (κ3) is 3.91. The Labute approximate surface area is 118 Å². The summed E-state index contributed by atoms with van der Waals surface area (Å²) >= 11 is 0.